The lowest BCUT2D eigenvalue weighted by Gasteiger charge is -2.43. The van der Waals surface area contributed by atoms with E-state index in [0.29, 0.717) is 6.29 Å². The van der Waals surface area contributed by atoms with E-state index < -0.39 is 23.5 Å². The second-order valence-corrected chi connectivity index (χ2v) is 4.22. The second-order valence-electron chi connectivity index (χ2n) is 4.22. The third kappa shape index (κ3) is 1.70. The minimum Gasteiger partial charge on any atom is -0.447 e. The fourth-order valence-corrected chi connectivity index (χ4v) is 1.70. The van der Waals surface area contributed by atoms with Crippen molar-refractivity contribution in [1.29, 1.82) is 0 Å². The fourth-order valence-electron chi connectivity index (χ4n) is 1.70. The lowest BCUT2D eigenvalue weighted by atomic mass is 9.94. The van der Waals surface area contributed by atoms with Crippen LogP contribution < -0.4 is 5.32 Å². The SMILES string of the molecule is CC1(C)OC[C@@]2(COC(=O)N2)[C@@H](C=O)O1. The van der Waals surface area contributed by atoms with E-state index in [4.69, 9.17) is 14.2 Å². The molecule has 1 spiro atoms. The van der Waals surface area contributed by atoms with E-state index in [0.717, 1.165) is 0 Å². The summed E-state index contributed by atoms with van der Waals surface area (Å²) in [7, 11) is 0. The van der Waals surface area contributed by atoms with Crippen molar-refractivity contribution in [2.45, 2.75) is 31.3 Å². The highest BCUT2D eigenvalue weighted by atomic mass is 16.7. The molecule has 0 bridgehead atoms. The van der Waals surface area contributed by atoms with Crippen molar-refractivity contribution in [2.75, 3.05) is 13.2 Å². The normalized spacial score (nSPS) is 38.5. The number of aldehydes is 1. The molecule has 15 heavy (non-hydrogen) atoms. The third-order valence-corrected chi connectivity index (χ3v) is 2.57. The zero-order valence-corrected chi connectivity index (χ0v) is 8.61. The number of carbonyl (C=O) groups excluding carboxylic acids is 2. The van der Waals surface area contributed by atoms with E-state index in [1.165, 1.54) is 0 Å². The molecule has 0 saturated carbocycles. The van der Waals surface area contributed by atoms with Gasteiger partial charge in [-0.05, 0) is 13.8 Å². The van der Waals surface area contributed by atoms with Crippen LogP contribution in [0.2, 0.25) is 0 Å². The number of rotatable bonds is 1. The molecule has 1 N–H and O–H groups in total. The summed E-state index contributed by atoms with van der Waals surface area (Å²) in [6.45, 7) is 3.72. The second kappa shape index (κ2) is 3.18. The number of amides is 1. The van der Waals surface area contributed by atoms with Crippen molar-refractivity contribution in [3.63, 3.8) is 0 Å². The first kappa shape index (κ1) is 10.4. The Morgan fingerprint density at radius 3 is 2.73 bits per heavy atom. The molecule has 84 valence electrons. The molecule has 2 atom stereocenters. The van der Waals surface area contributed by atoms with Gasteiger partial charge in [-0.2, -0.15) is 0 Å². The lowest BCUT2D eigenvalue weighted by Crippen LogP contribution is -2.65. The van der Waals surface area contributed by atoms with Gasteiger partial charge in [-0.15, -0.1) is 0 Å². The molecule has 2 saturated heterocycles. The van der Waals surface area contributed by atoms with Gasteiger partial charge in [0.2, 0.25) is 0 Å². The molecular weight excluding hydrogens is 202 g/mol. The van der Waals surface area contributed by atoms with Gasteiger partial charge < -0.3 is 24.3 Å². The van der Waals surface area contributed by atoms with Crippen molar-refractivity contribution < 1.29 is 23.8 Å². The summed E-state index contributed by atoms with van der Waals surface area (Å²) in [5.41, 5.74) is -0.867. The molecule has 2 aliphatic rings. The molecule has 0 aromatic heterocycles. The van der Waals surface area contributed by atoms with Gasteiger partial charge in [0.25, 0.3) is 0 Å². The predicted molar refractivity (Wildman–Crippen MR) is 48.2 cm³/mol. The first-order valence-corrected chi connectivity index (χ1v) is 4.69. The lowest BCUT2D eigenvalue weighted by molar-refractivity contribution is -0.290. The zero-order valence-electron chi connectivity index (χ0n) is 8.61. The van der Waals surface area contributed by atoms with Crippen LogP contribution in [-0.2, 0) is 19.0 Å². The maximum atomic E-state index is 11.0. The fraction of sp³-hybridized carbons (Fsp3) is 0.778. The summed E-state index contributed by atoms with van der Waals surface area (Å²) in [5, 5.41) is 2.57. The van der Waals surface area contributed by atoms with E-state index in [-0.39, 0.29) is 13.2 Å². The molecule has 2 heterocycles. The predicted octanol–water partition coefficient (Wildman–Crippen LogP) is -0.185. The van der Waals surface area contributed by atoms with Gasteiger partial charge in [0.1, 0.15) is 18.2 Å². The number of carbonyl (C=O) groups is 2. The topological polar surface area (TPSA) is 73.9 Å². The van der Waals surface area contributed by atoms with Gasteiger partial charge in [0.05, 0.1) is 6.61 Å². The monoisotopic (exact) mass is 215 g/mol. The van der Waals surface area contributed by atoms with Crippen LogP contribution in [0, 0.1) is 0 Å². The Labute approximate surface area is 86.9 Å². The van der Waals surface area contributed by atoms with Crippen LogP contribution in [0.25, 0.3) is 0 Å². The maximum absolute atomic E-state index is 11.0. The standard InChI is InChI=1S/C9H13NO5/c1-8(2)14-5-9(6(3-11)15-8)4-13-7(12)10-9/h3,6H,4-5H2,1-2H3,(H,10,12)/t6-,9+/m1/s1. The molecule has 0 aliphatic carbocycles. The molecule has 0 radical (unpaired) electrons. The molecule has 2 rings (SSSR count). The first-order chi connectivity index (χ1) is 6.97. The Bertz CT molecular complexity index is 303. The molecule has 0 aromatic carbocycles. The molecule has 2 fully saturated rings. The number of ether oxygens (including phenoxy) is 3. The summed E-state index contributed by atoms with van der Waals surface area (Å²) in [6.07, 6.45) is -0.624. The Hall–Kier alpha value is -1.14. The molecule has 1 amide bonds. The first-order valence-electron chi connectivity index (χ1n) is 4.69. The maximum Gasteiger partial charge on any atom is 0.407 e. The third-order valence-electron chi connectivity index (χ3n) is 2.57. The van der Waals surface area contributed by atoms with E-state index >= 15 is 0 Å². The van der Waals surface area contributed by atoms with Crippen molar-refractivity contribution in [3.05, 3.63) is 0 Å². The zero-order chi connectivity index (χ0) is 11.1. The largest absolute Gasteiger partial charge is 0.447 e. The summed E-state index contributed by atoms with van der Waals surface area (Å²) in [6, 6.07) is 0. The van der Waals surface area contributed by atoms with Gasteiger partial charge >= 0.3 is 6.09 Å². The van der Waals surface area contributed by atoms with Crippen molar-refractivity contribution in [3.8, 4) is 0 Å². The molecule has 0 unspecified atom stereocenters. The summed E-state index contributed by atoms with van der Waals surface area (Å²) >= 11 is 0. The van der Waals surface area contributed by atoms with Gasteiger partial charge in [0, 0.05) is 0 Å². The van der Waals surface area contributed by atoms with E-state index in [2.05, 4.69) is 5.32 Å². The number of hydrogen-bond acceptors (Lipinski definition) is 5. The summed E-state index contributed by atoms with van der Waals surface area (Å²) in [4.78, 5) is 21.9. The Kier molecular flexibility index (Phi) is 2.20. The van der Waals surface area contributed by atoms with E-state index in [1.807, 2.05) is 0 Å². The minimum absolute atomic E-state index is 0.0886. The van der Waals surface area contributed by atoms with Gasteiger partial charge in [-0.3, -0.25) is 0 Å². The molecule has 2 aliphatic heterocycles. The van der Waals surface area contributed by atoms with Gasteiger partial charge in [-0.1, -0.05) is 0 Å². The highest BCUT2D eigenvalue weighted by Crippen LogP contribution is 2.30. The highest BCUT2D eigenvalue weighted by molar-refractivity contribution is 5.73. The number of nitrogens with one attached hydrogen (secondary N) is 1. The van der Waals surface area contributed by atoms with Crippen LogP contribution in [0.15, 0.2) is 0 Å². The van der Waals surface area contributed by atoms with Crippen LogP contribution in [0.3, 0.4) is 0 Å². The molecule has 6 nitrogen and oxygen atoms in total. The Balaban J connectivity index is 2.19. The Morgan fingerprint density at radius 1 is 1.47 bits per heavy atom. The smallest absolute Gasteiger partial charge is 0.407 e. The molecule has 0 aromatic rings. The quantitative estimate of drug-likeness (QED) is 0.614. The average molecular weight is 215 g/mol. The van der Waals surface area contributed by atoms with Crippen LogP contribution in [0.4, 0.5) is 4.79 Å². The van der Waals surface area contributed by atoms with Gasteiger partial charge in [0.15, 0.2) is 12.1 Å². The van der Waals surface area contributed by atoms with Crippen LogP contribution in [-0.4, -0.2) is 43.0 Å². The summed E-state index contributed by atoms with van der Waals surface area (Å²) < 4.78 is 15.6. The van der Waals surface area contributed by atoms with Crippen molar-refractivity contribution in [2.24, 2.45) is 0 Å². The van der Waals surface area contributed by atoms with Crippen molar-refractivity contribution in [1.82, 2.24) is 5.32 Å². The van der Waals surface area contributed by atoms with E-state index in [9.17, 15) is 9.59 Å². The number of cyclic esters (lactones) is 1. The van der Waals surface area contributed by atoms with Gasteiger partial charge in [-0.25, -0.2) is 4.79 Å². The highest BCUT2D eigenvalue weighted by Gasteiger charge is 2.53. The molecule has 6 heteroatoms. The van der Waals surface area contributed by atoms with Crippen LogP contribution in [0.1, 0.15) is 13.8 Å². The van der Waals surface area contributed by atoms with Crippen LogP contribution >= 0.6 is 0 Å². The number of hydrogen-bond donors (Lipinski definition) is 1. The average Bonchev–Trinajstić information content (AvgIpc) is 2.54. The molecular formula is C9H13NO5. The number of alkyl carbamates (subject to hydrolysis) is 1. The van der Waals surface area contributed by atoms with Crippen molar-refractivity contribution >= 4 is 12.4 Å². The Morgan fingerprint density at radius 2 is 2.20 bits per heavy atom. The minimum atomic E-state index is -0.867. The van der Waals surface area contributed by atoms with E-state index in [1.54, 1.807) is 13.8 Å². The van der Waals surface area contributed by atoms with Crippen LogP contribution in [0.5, 0.6) is 0 Å². The summed E-state index contributed by atoms with van der Waals surface area (Å²) in [5.74, 6) is -0.815.